The Bertz CT molecular complexity index is 753. The summed E-state index contributed by atoms with van der Waals surface area (Å²) in [6, 6.07) is 7.54. The van der Waals surface area contributed by atoms with Crippen LogP contribution in [0.1, 0.15) is 11.1 Å². The van der Waals surface area contributed by atoms with Gasteiger partial charge in [-0.2, -0.15) is 0 Å². The first kappa shape index (κ1) is 19.3. The number of nitrogens with zero attached hydrogens (tertiary/aromatic N) is 3. The monoisotopic (exact) mass is 480 g/mol. The number of aromatic nitrogens is 1. The van der Waals surface area contributed by atoms with E-state index in [0.29, 0.717) is 19.5 Å². The highest BCUT2D eigenvalue weighted by Crippen LogP contribution is 2.27. The van der Waals surface area contributed by atoms with Crippen LogP contribution in [0.25, 0.3) is 0 Å². The van der Waals surface area contributed by atoms with Crippen LogP contribution in [0.15, 0.2) is 45.6 Å². The Morgan fingerprint density at radius 1 is 1.15 bits per heavy atom. The number of halogens is 2. The fourth-order valence-corrected chi connectivity index (χ4v) is 4.41. The molecule has 138 valence electrons. The minimum Gasteiger partial charge on any atom is -0.368 e. The molecule has 3 rings (SSSR count). The number of hydrogen-bond acceptors (Lipinski definition) is 4. The molecule has 7 heteroatoms. The van der Waals surface area contributed by atoms with E-state index in [1.165, 1.54) is 0 Å². The molecule has 2 aromatic rings. The van der Waals surface area contributed by atoms with Crippen LogP contribution >= 0.6 is 31.9 Å². The fraction of sp³-hybridized carbons (Fsp3) is 0.368. The molecule has 1 saturated heterocycles. The van der Waals surface area contributed by atoms with Crippen LogP contribution in [0.4, 0.5) is 5.69 Å². The van der Waals surface area contributed by atoms with Crippen molar-refractivity contribution >= 4 is 43.5 Å². The largest absolute Gasteiger partial charge is 0.368 e. The van der Waals surface area contributed by atoms with Gasteiger partial charge in [-0.05, 0) is 48.7 Å². The average Bonchev–Trinajstić information content (AvgIpc) is 2.66. The number of carbonyl (C=O) groups is 1. The molecule has 1 amide bonds. The molecule has 1 atom stereocenters. The zero-order valence-corrected chi connectivity index (χ0v) is 17.8. The molecule has 1 aliphatic heterocycles. The van der Waals surface area contributed by atoms with E-state index in [1.807, 2.05) is 36.1 Å². The van der Waals surface area contributed by atoms with E-state index < -0.39 is 6.04 Å². The van der Waals surface area contributed by atoms with E-state index >= 15 is 0 Å². The molecule has 0 aliphatic carbocycles. The van der Waals surface area contributed by atoms with Gasteiger partial charge in [-0.25, -0.2) is 0 Å². The molecule has 2 N–H and O–H groups in total. The highest BCUT2D eigenvalue weighted by Gasteiger charge is 2.25. The molecule has 26 heavy (non-hydrogen) atoms. The van der Waals surface area contributed by atoms with Gasteiger partial charge in [0, 0.05) is 53.2 Å². The van der Waals surface area contributed by atoms with Crippen LogP contribution in [0.2, 0.25) is 0 Å². The predicted octanol–water partition coefficient (Wildman–Crippen LogP) is 3.13. The maximum atomic E-state index is 12.7. The maximum absolute atomic E-state index is 12.7. The van der Waals surface area contributed by atoms with Crippen LogP contribution in [0.3, 0.4) is 0 Å². The number of nitrogens with two attached hydrogens (primary N) is 1. The normalized spacial score (nSPS) is 15.8. The Labute approximate surface area is 170 Å². The summed E-state index contributed by atoms with van der Waals surface area (Å²) < 4.78 is 2.04. The Hall–Kier alpha value is -1.44. The van der Waals surface area contributed by atoms with Gasteiger partial charge >= 0.3 is 0 Å². The number of hydrogen-bond donors (Lipinski definition) is 1. The minimum atomic E-state index is -0.524. The standard InChI is InChI=1S/C19H22Br2N4O/c1-13-16(20)10-14(11-17(13)21)12-18(22)19(26)25-8-6-24(7-9-25)15-2-4-23-5-3-15/h2-5,10-11,18H,6-9,12,22H2,1H3/t18-/m0/s1. The molecule has 0 spiro atoms. The summed E-state index contributed by atoms with van der Waals surface area (Å²) >= 11 is 7.11. The third-order valence-corrected chi connectivity index (χ3v) is 6.38. The molecule has 2 heterocycles. The summed E-state index contributed by atoms with van der Waals surface area (Å²) in [5.74, 6) is 0.0206. The van der Waals surface area contributed by atoms with Gasteiger partial charge in [0.05, 0.1) is 6.04 Å². The maximum Gasteiger partial charge on any atom is 0.239 e. The third-order valence-electron chi connectivity index (χ3n) is 4.73. The second kappa shape index (κ2) is 8.50. The fourth-order valence-electron chi connectivity index (χ4n) is 3.13. The lowest BCUT2D eigenvalue weighted by Gasteiger charge is -2.37. The summed E-state index contributed by atoms with van der Waals surface area (Å²) in [6.07, 6.45) is 4.11. The van der Waals surface area contributed by atoms with E-state index in [2.05, 4.69) is 41.7 Å². The predicted molar refractivity (Wildman–Crippen MR) is 111 cm³/mol. The smallest absolute Gasteiger partial charge is 0.239 e. The number of rotatable bonds is 4. The van der Waals surface area contributed by atoms with E-state index in [-0.39, 0.29) is 5.91 Å². The molecular formula is C19H22Br2N4O. The molecule has 5 nitrogen and oxygen atoms in total. The van der Waals surface area contributed by atoms with Crippen LogP contribution in [0.5, 0.6) is 0 Å². The Morgan fingerprint density at radius 3 is 2.31 bits per heavy atom. The lowest BCUT2D eigenvalue weighted by atomic mass is 10.0. The third kappa shape index (κ3) is 4.45. The number of anilines is 1. The van der Waals surface area contributed by atoms with Crippen molar-refractivity contribution in [3.05, 3.63) is 56.7 Å². The van der Waals surface area contributed by atoms with Gasteiger partial charge in [-0.3, -0.25) is 9.78 Å². The van der Waals surface area contributed by atoms with Gasteiger partial charge in [-0.15, -0.1) is 0 Å². The van der Waals surface area contributed by atoms with Crippen molar-refractivity contribution in [3.63, 3.8) is 0 Å². The molecule has 1 aromatic carbocycles. The van der Waals surface area contributed by atoms with E-state index in [0.717, 1.165) is 38.8 Å². The Morgan fingerprint density at radius 2 is 1.73 bits per heavy atom. The highest BCUT2D eigenvalue weighted by atomic mass is 79.9. The van der Waals surface area contributed by atoms with Crippen LogP contribution in [-0.4, -0.2) is 48.0 Å². The van der Waals surface area contributed by atoms with Crippen molar-refractivity contribution in [2.45, 2.75) is 19.4 Å². The molecule has 0 bridgehead atoms. The number of carbonyl (C=O) groups excluding carboxylic acids is 1. The Balaban J connectivity index is 1.58. The lowest BCUT2D eigenvalue weighted by Crippen LogP contribution is -2.53. The topological polar surface area (TPSA) is 62.5 Å². The number of amides is 1. The second-order valence-electron chi connectivity index (χ2n) is 6.51. The first-order chi connectivity index (χ1) is 12.5. The quantitative estimate of drug-likeness (QED) is 0.728. The van der Waals surface area contributed by atoms with E-state index in [1.54, 1.807) is 12.4 Å². The zero-order valence-electron chi connectivity index (χ0n) is 14.7. The molecule has 1 aliphatic rings. The summed E-state index contributed by atoms with van der Waals surface area (Å²) in [5, 5.41) is 0. The zero-order chi connectivity index (χ0) is 18.7. The van der Waals surface area contributed by atoms with Gasteiger partial charge in [0.2, 0.25) is 5.91 Å². The van der Waals surface area contributed by atoms with Gasteiger partial charge < -0.3 is 15.5 Å². The van der Waals surface area contributed by atoms with Crippen molar-refractivity contribution in [1.82, 2.24) is 9.88 Å². The minimum absolute atomic E-state index is 0.0206. The SMILES string of the molecule is Cc1c(Br)cc(C[C@H](N)C(=O)N2CCN(c3ccncc3)CC2)cc1Br. The highest BCUT2D eigenvalue weighted by molar-refractivity contribution is 9.11. The molecule has 0 saturated carbocycles. The molecule has 1 aromatic heterocycles. The van der Waals surface area contributed by atoms with Gasteiger partial charge in [0.25, 0.3) is 0 Å². The second-order valence-corrected chi connectivity index (χ2v) is 8.22. The molecule has 1 fully saturated rings. The summed E-state index contributed by atoms with van der Waals surface area (Å²) in [4.78, 5) is 20.9. The average molecular weight is 482 g/mol. The van der Waals surface area contributed by atoms with E-state index in [9.17, 15) is 4.79 Å². The van der Waals surface area contributed by atoms with Crippen LogP contribution in [0, 0.1) is 6.92 Å². The van der Waals surface area contributed by atoms with Gasteiger partial charge in [0.15, 0.2) is 0 Å². The molecule has 0 unspecified atom stereocenters. The summed E-state index contributed by atoms with van der Waals surface area (Å²) in [7, 11) is 0. The molecule has 0 radical (unpaired) electrons. The van der Waals surface area contributed by atoms with Gasteiger partial charge in [0.1, 0.15) is 0 Å². The Kier molecular flexibility index (Phi) is 6.32. The van der Waals surface area contributed by atoms with Crippen LogP contribution < -0.4 is 10.6 Å². The number of pyridine rings is 1. The summed E-state index contributed by atoms with van der Waals surface area (Å²) in [6.45, 7) is 5.03. The molecular weight excluding hydrogens is 460 g/mol. The summed E-state index contributed by atoms with van der Waals surface area (Å²) in [5.41, 5.74) is 9.55. The first-order valence-electron chi connectivity index (χ1n) is 8.59. The number of benzene rings is 1. The lowest BCUT2D eigenvalue weighted by molar-refractivity contribution is -0.132. The van der Waals surface area contributed by atoms with Crippen LogP contribution in [-0.2, 0) is 11.2 Å². The number of piperazine rings is 1. The first-order valence-corrected chi connectivity index (χ1v) is 10.2. The van der Waals surface area contributed by atoms with Crippen molar-refractivity contribution in [3.8, 4) is 0 Å². The van der Waals surface area contributed by atoms with Crippen molar-refractivity contribution in [2.75, 3.05) is 31.1 Å². The van der Waals surface area contributed by atoms with E-state index in [4.69, 9.17) is 5.73 Å². The van der Waals surface area contributed by atoms with Crippen molar-refractivity contribution in [1.29, 1.82) is 0 Å². The van der Waals surface area contributed by atoms with Crippen molar-refractivity contribution in [2.24, 2.45) is 5.73 Å². The van der Waals surface area contributed by atoms with Crippen molar-refractivity contribution < 1.29 is 4.79 Å². The van der Waals surface area contributed by atoms with Gasteiger partial charge in [-0.1, -0.05) is 31.9 Å².